The normalized spacial score (nSPS) is 12.5. The summed E-state index contributed by atoms with van der Waals surface area (Å²) in [6, 6.07) is 0. The van der Waals surface area contributed by atoms with Crippen molar-refractivity contribution in [3.05, 3.63) is 22.2 Å². The van der Waals surface area contributed by atoms with Crippen LogP contribution in [0.1, 0.15) is 30.8 Å². The third-order valence-corrected chi connectivity index (χ3v) is 2.73. The van der Waals surface area contributed by atoms with Gasteiger partial charge in [0.1, 0.15) is 11.7 Å². The fourth-order valence-electron chi connectivity index (χ4n) is 1.11. The molecule has 0 spiro atoms. The first-order chi connectivity index (χ1) is 6.56. The lowest BCUT2D eigenvalue weighted by molar-refractivity contribution is -0.139. The molecule has 1 atom stereocenters. The maximum atomic E-state index is 10.8. The number of carboxylic acids is 1. The zero-order chi connectivity index (χ0) is 10.7. The summed E-state index contributed by atoms with van der Waals surface area (Å²) in [5, 5.41) is 8.90. The molecule has 0 amide bonds. The van der Waals surface area contributed by atoms with Crippen LogP contribution in [0.3, 0.4) is 0 Å². The zero-order valence-electron chi connectivity index (χ0n) is 7.99. The summed E-state index contributed by atoms with van der Waals surface area (Å²) in [6.07, 6.45) is 2.08. The summed E-state index contributed by atoms with van der Waals surface area (Å²) in [5.74, 6) is -1.11. The molecule has 0 aliphatic rings. The Morgan fingerprint density at radius 1 is 1.71 bits per heavy atom. The van der Waals surface area contributed by atoms with E-state index in [2.05, 4.69) is 25.9 Å². The van der Waals surface area contributed by atoms with Gasteiger partial charge in [0.25, 0.3) is 0 Å². The van der Waals surface area contributed by atoms with Crippen LogP contribution < -0.4 is 0 Å². The van der Waals surface area contributed by atoms with Crippen LogP contribution >= 0.6 is 15.9 Å². The second-order valence-electron chi connectivity index (χ2n) is 2.96. The van der Waals surface area contributed by atoms with E-state index < -0.39 is 11.9 Å². The third-order valence-electron chi connectivity index (χ3n) is 1.96. The van der Waals surface area contributed by atoms with Gasteiger partial charge in [-0.15, -0.1) is 0 Å². The van der Waals surface area contributed by atoms with E-state index in [-0.39, 0.29) is 0 Å². The van der Waals surface area contributed by atoms with Crippen molar-refractivity contribution in [3.8, 4) is 0 Å². The monoisotopic (exact) mass is 258 g/mol. The number of aliphatic carboxylic acids is 1. The van der Waals surface area contributed by atoms with Crippen molar-refractivity contribution in [2.45, 2.75) is 26.2 Å². The maximum absolute atomic E-state index is 10.8. The molecule has 0 fully saturated rings. The standard InChI is InChI=1S/C9H11BrN2O2/c1-3-6(9(13)14)8-11-4-7(10)5(2)12-8/h4,6H,3H2,1-2H3,(H,13,14). The van der Waals surface area contributed by atoms with Gasteiger partial charge in [-0.1, -0.05) is 6.92 Å². The van der Waals surface area contributed by atoms with Crippen molar-refractivity contribution in [1.29, 1.82) is 0 Å². The molecule has 1 unspecified atom stereocenters. The first-order valence-electron chi connectivity index (χ1n) is 4.28. The Labute approximate surface area is 90.5 Å². The largest absolute Gasteiger partial charge is 0.481 e. The molecule has 4 nitrogen and oxygen atoms in total. The molecule has 0 aromatic carbocycles. The highest BCUT2D eigenvalue weighted by atomic mass is 79.9. The average Bonchev–Trinajstić information content (AvgIpc) is 2.11. The van der Waals surface area contributed by atoms with Crippen LogP contribution in [0, 0.1) is 6.92 Å². The zero-order valence-corrected chi connectivity index (χ0v) is 9.58. The molecule has 76 valence electrons. The minimum absolute atomic E-state index is 0.376. The Kier molecular flexibility index (Phi) is 3.57. The van der Waals surface area contributed by atoms with Crippen molar-refractivity contribution >= 4 is 21.9 Å². The molecular weight excluding hydrogens is 248 g/mol. The highest BCUT2D eigenvalue weighted by molar-refractivity contribution is 9.10. The molecule has 14 heavy (non-hydrogen) atoms. The number of hydrogen-bond donors (Lipinski definition) is 1. The number of nitrogens with zero attached hydrogens (tertiary/aromatic N) is 2. The van der Waals surface area contributed by atoms with Crippen LogP contribution in [0.15, 0.2) is 10.7 Å². The van der Waals surface area contributed by atoms with Crippen LogP contribution in [0.2, 0.25) is 0 Å². The van der Waals surface area contributed by atoms with Gasteiger partial charge in [0.15, 0.2) is 0 Å². The molecule has 1 aromatic rings. The second kappa shape index (κ2) is 4.50. The molecule has 0 saturated carbocycles. The van der Waals surface area contributed by atoms with E-state index >= 15 is 0 Å². The van der Waals surface area contributed by atoms with Gasteiger partial charge in [0, 0.05) is 6.20 Å². The second-order valence-corrected chi connectivity index (χ2v) is 3.81. The van der Waals surface area contributed by atoms with Crippen molar-refractivity contribution in [2.75, 3.05) is 0 Å². The highest BCUT2D eigenvalue weighted by Crippen LogP contribution is 2.19. The Balaban J connectivity index is 3.06. The Morgan fingerprint density at radius 3 is 2.79 bits per heavy atom. The van der Waals surface area contributed by atoms with Gasteiger partial charge in [0.2, 0.25) is 0 Å². The lowest BCUT2D eigenvalue weighted by Crippen LogP contribution is -2.14. The van der Waals surface area contributed by atoms with Crippen molar-refractivity contribution < 1.29 is 9.90 Å². The number of rotatable bonds is 3. The van der Waals surface area contributed by atoms with Crippen LogP contribution in [0.5, 0.6) is 0 Å². The summed E-state index contributed by atoms with van der Waals surface area (Å²) in [7, 11) is 0. The van der Waals surface area contributed by atoms with E-state index in [4.69, 9.17) is 5.11 Å². The summed E-state index contributed by atoms with van der Waals surface area (Å²) < 4.78 is 0.793. The van der Waals surface area contributed by atoms with E-state index in [1.54, 1.807) is 13.1 Å². The number of carbonyl (C=O) groups is 1. The minimum Gasteiger partial charge on any atom is -0.481 e. The molecular formula is C9H11BrN2O2. The number of carboxylic acid groups (broad SMARTS) is 1. The first kappa shape index (κ1) is 11.1. The number of aryl methyl sites for hydroxylation is 1. The molecule has 0 aliphatic carbocycles. The van der Waals surface area contributed by atoms with E-state index in [0.29, 0.717) is 12.2 Å². The van der Waals surface area contributed by atoms with Crippen LogP contribution in [0.4, 0.5) is 0 Å². The predicted molar refractivity (Wildman–Crippen MR) is 55.1 cm³/mol. The smallest absolute Gasteiger partial charge is 0.314 e. The van der Waals surface area contributed by atoms with Crippen molar-refractivity contribution in [3.63, 3.8) is 0 Å². The fraction of sp³-hybridized carbons (Fsp3) is 0.444. The van der Waals surface area contributed by atoms with E-state index in [1.165, 1.54) is 0 Å². The number of aromatic nitrogens is 2. The van der Waals surface area contributed by atoms with Crippen LogP contribution in [-0.4, -0.2) is 21.0 Å². The summed E-state index contributed by atoms with van der Waals surface area (Å²) >= 11 is 3.26. The lowest BCUT2D eigenvalue weighted by atomic mass is 10.1. The van der Waals surface area contributed by atoms with Crippen LogP contribution in [0.25, 0.3) is 0 Å². The van der Waals surface area contributed by atoms with Gasteiger partial charge in [-0.3, -0.25) is 4.79 Å². The van der Waals surface area contributed by atoms with Gasteiger partial charge in [0.05, 0.1) is 10.2 Å². The Morgan fingerprint density at radius 2 is 2.36 bits per heavy atom. The quantitative estimate of drug-likeness (QED) is 0.903. The molecule has 0 aliphatic heterocycles. The van der Waals surface area contributed by atoms with E-state index in [0.717, 1.165) is 10.2 Å². The van der Waals surface area contributed by atoms with Gasteiger partial charge >= 0.3 is 5.97 Å². The van der Waals surface area contributed by atoms with Gasteiger partial charge in [-0.05, 0) is 29.3 Å². The summed E-state index contributed by atoms with van der Waals surface area (Å²) in [4.78, 5) is 19.0. The maximum Gasteiger partial charge on any atom is 0.314 e. The molecule has 0 bridgehead atoms. The molecule has 1 aromatic heterocycles. The minimum atomic E-state index is -0.880. The fourth-order valence-corrected chi connectivity index (χ4v) is 1.30. The molecule has 0 radical (unpaired) electrons. The number of hydrogen-bond acceptors (Lipinski definition) is 3. The number of halogens is 1. The predicted octanol–water partition coefficient (Wildman–Crippen LogP) is 2.13. The van der Waals surface area contributed by atoms with Gasteiger partial charge in [-0.2, -0.15) is 0 Å². The van der Waals surface area contributed by atoms with E-state index in [9.17, 15) is 4.79 Å². The van der Waals surface area contributed by atoms with Crippen molar-refractivity contribution in [1.82, 2.24) is 9.97 Å². The SMILES string of the molecule is CCC(C(=O)O)c1ncc(Br)c(C)n1. The Bertz CT molecular complexity index is 355. The third kappa shape index (κ3) is 2.29. The van der Waals surface area contributed by atoms with Gasteiger partial charge in [-0.25, -0.2) is 9.97 Å². The summed E-state index contributed by atoms with van der Waals surface area (Å²) in [6.45, 7) is 3.61. The lowest BCUT2D eigenvalue weighted by Gasteiger charge is -2.08. The molecule has 1 N–H and O–H groups in total. The van der Waals surface area contributed by atoms with Crippen LogP contribution in [-0.2, 0) is 4.79 Å². The average molecular weight is 259 g/mol. The van der Waals surface area contributed by atoms with E-state index in [1.807, 2.05) is 6.92 Å². The topological polar surface area (TPSA) is 63.1 Å². The molecule has 0 saturated heterocycles. The van der Waals surface area contributed by atoms with Crippen molar-refractivity contribution in [2.24, 2.45) is 0 Å². The van der Waals surface area contributed by atoms with Gasteiger partial charge < -0.3 is 5.11 Å². The molecule has 1 heterocycles. The Hall–Kier alpha value is -0.970. The highest BCUT2D eigenvalue weighted by Gasteiger charge is 2.20. The summed E-state index contributed by atoms with van der Waals surface area (Å²) in [5.41, 5.74) is 0.759. The molecule has 1 rings (SSSR count). The first-order valence-corrected chi connectivity index (χ1v) is 5.07. The molecule has 5 heteroatoms.